The molecule has 0 radical (unpaired) electrons. The van der Waals surface area contributed by atoms with Gasteiger partial charge in [-0.15, -0.1) is 40.0 Å². The topological polar surface area (TPSA) is 189 Å². The number of amides is 2. The molecule has 2 atom stereocenters. The zero-order valence-electron chi connectivity index (χ0n) is 16.7. The molecule has 13 nitrogen and oxygen atoms in total. The van der Waals surface area contributed by atoms with Crippen LogP contribution in [0.3, 0.4) is 0 Å². The molecule has 174 valence electrons. The summed E-state index contributed by atoms with van der Waals surface area (Å²) in [5.41, 5.74) is 5.14. The Balaban J connectivity index is 1.44. The van der Waals surface area contributed by atoms with Gasteiger partial charge >= 0.3 is 5.97 Å². The van der Waals surface area contributed by atoms with E-state index in [1.807, 2.05) is 0 Å². The van der Waals surface area contributed by atoms with Crippen molar-refractivity contribution in [2.45, 2.75) is 16.4 Å². The monoisotopic (exact) mass is 528 g/mol. The van der Waals surface area contributed by atoms with Gasteiger partial charge in [-0.05, 0) is 0 Å². The van der Waals surface area contributed by atoms with Crippen LogP contribution >= 0.6 is 46.6 Å². The summed E-state index contributed by atoms with van der Waals surface area (Å²) < 4.78 is 1.61. The van der Waals surface area contributed by atoms with Crippen LogP contribution < -0.4 is 11.1 Å². The summed E-state index contributed by atoms with van der Waals surface area (Å²) in [6.45, 7) is 0. The predicted octanol–water partition coefficient (Wildman–Crippen LogP) is 0.211. The number of carboxylic acids is 1. The highest BCUT2D eigenvalue weighted by molar-refractivity contribution is 8.18. The molecular weight excluding hydrogens is 512 g/mol. The minimum Gasteiger partial charge on any atom is -0.477 e. The molecule has 2 aliphatic heterocycles. The van der Waals surface area contributed by atoms with Crippen LogP contribution in [0.15, 0.2) is 32.4 Å². The number of hydrogen-bond acceptors (Lipinski definition) is 13. The summed E-state index contributed by atoms with van der Waals surface area (Å²) in [5.74, 6) is -2.23. The first-order valence-corrected chi connectivity index (χ1v) is 13.0. The molecular formula is C16H16N8O5S4. The Hall–Kier alpha value is -2.76. The Bertz CT molecular complexity index is 1180. The maximum atomic E-state index is 12.8. The molecule has 0 unspecified atom stereocenters. The van der Waals surface area contributed by atoms with Crippen molar-refractivity contribution >= 4 is 75.2 Å². The molecule has 1 fully saturated rings. The number of thiazole rings is 1. The number of carbonyl (C=O) groups is 3. The lowest BCUT2D eigenvalue weighted by Gasteiger charge is -2.49. The third-order valence-corrected chi connectivity index (χ3v) is 9.05. The third kappa shape index (κ3) is 4.53. The highest BCUT2D eigenvalue weighted by atomic mass is 32.2. The standard InChI is InChI=1S/C16H16N8O5S4/c1-23-8(2-18-22-23)33-5-32-7-4-30-14-10(13(26)24(14)11(7)15(27)28)20-12(25)9(21-29)6-3-31-16(17)19-6/h2-3,10,14,29H,4-5H2,1H3,(H2,17,19)(H,20,25)(H,27,28)/b21-9-/t10-,14-/m1/s1. The van der Waals surface area contributed by atoms with E-state index >= 15 is 0 Å². The fourth-order valence-electron chi connectivity index (χ4n) is 3.09. The van der Waals surface area contributed by atoms with E-state index in [0.717, 1.165) is 16.4 Å². The molecule has 5 N–H and O–H groups in total. The SMILES string of the molecule is Cn1nncc1SCSC1=C(C(=O)O)N2C(=O)[C@@H](NC(=O)/C(=N\O)c3csc(N)n3)[C@H]2SC1. The summed E-state index contributed by atoms with van der Waals surface area (Å²) in [4.78, 5) is 42.9. The average Bonchev–Trinajstić information content (AvgIpc) is 3.39. The molecule has 0 aliphatic carbocycles. The summed E-state index contributed by atoms with van der Waals surface area (Å²) in [7, 11) is 1.76. The van der Waals surface area contributed by atoms with Gasteiger partial charge in [0.15, 0.2) is 10.8 Å². The van der Waals surface area contributed by atoms with Gasteiger partial charge in [0.2, 0.25) is 0 Å². The number of thioether (sulfide) groups is 3. The molecule has 4 rings (SSSR count). The number of aryl methyl sites for hydroxylation is 1. The number of aliphatic carboxylic acids is 1. The van der Waals surface area contributed by atoms with Crippen molar-refractivity contribution in [3.8, 4) is 0 Å². The van der Waals surface area contributed by atoms with Gasteiger partial charge in [-0.3, -0.25) is 14.5 Å². The van der Waals surface area contributed by atoms with Crippen molar-refractivity contribution in [3.63, 3.8) is 0 Å². The van der Waals surface area contributed by atoms with Gasteiger partial charge in [0.05, 0.1) is 6.20 Å². The molecule has 0 aromatic carbocycles. The summed E-state index contributed by atoms with van der Waals surface area (Å²) in [5, 5.41) is 34.5. The zero-order chi connectivity index (χ0) is 23.7. The highest BCUT2D eigenvalue weighted by Crippen LogP contribution is 2.44. The lowest BCUT2D eigenvalue weighted by Crippen LogP contribution is -2.71. The summed E-state index contributed by atoms with van der Waals surface area (Å²) >= 11 is 5.18. The number of oxime groups is 1. The Kier molecular flexibility index (Phi) is 6.82. The van der Waals surface area contributed by atoms with Crippen molar-refractivity contribution in [3.05, 3.63) is 27.9 Å². The molecule has 0 spiro atoms. The lowest BCUT2D eigenvalue weighted by atomic mass is 10.0. The van der Waals surface area contributed by atoms with Crippen LogP contribution in [0.1, 0.15) is 5.69 Å². The number of rotatable bonds is 8. The van der Waals surface area contributed by atoms with E-state index in [9.17, 15) is 24.7 Å². The number of carboxylic acid groups (broad SMARTS) is 1. The minimum atomic E-state index is -1.22. The highest BCUT2D eigenvalue weighted by Gasteiger charge is 2.54. The number of nitrogens with one attached hydrogen (secondary N) is 1. The fraction of sp³-hybridized carbons (Fsp3) is 0.312. The molecule has 2 aromatic rings. The van der Waals surface area contributed by atoms with E-state index in [1.54, 1.807) is 17.9 Å². The molecule has 1 saturated heterocycles. The van der Waals surface area contributed by atoms with Crippen molar-refractivity contribution in [2.75, 3.05) is 16.6 Å². The number of aromatic nitrogens is 4. The van der Waals surface area contributed by atoms with Crippen LogP contribution in [0.2, 0.25) is 0 Å². The number of anilines is 1. The minimum absolute atomic E-state index is 0.0726. The number of β-lactam (4-membered cyclic amide) rings is 1. The summed E-state index contributed by atoms with van der Waals surface area (Å²) in [6.07, 6.45) is 1.61. The first kappa shape index (κ1) is 23.4. The van der Waals surface area contributed by atoms with E-state index in [1.165, 1.54) is 45.6 Å². The molecule has 4 heterocycles. The van der Waals surface area contributed by atoms with Gasteiger partial charge < -0.3 is 21.4 Å². The van der Waals surface area contributed by atoms with Crippen LogP contribution in [0.4, 0.5) is 5.13 Å². The second kappa shape index (κ2) is 9.62. The maximum Gasteiger partial charge on any atom is 0.353 e. The number of nitrogen functional groups attached to an aromatic ring is 1. The van der Waals surface area contributed by atoms with E-state index in [-0.39, 0.29) is 22.2 Å². The number of fused-ring (bicyclic) bond motifs is 1. The largest absolute Gasteiger partial charge is 0.477 e. The number of nitrogens with two attached hydrogens (primary N) is 1. The Morgan fingerprint density at radius 3 is 2.82 bits per heavy atom. The van der Waals surface area contributed by atoms with Gasteiger partial charge in [0.1, 0.15) is 27.8 Å². The molecule has 2 aliphatic rings. The van der Waals surface area contributed by atoms with Crippen molar-refractivity contribution in [2.24, 2.45) is 12.2 Å². The smallest absolute Gasteiger partial charge is 0.353 e. The first-order valence-electron chi connectivity index (χ1n) is 9.07. The van der Waals surface area contributed by atoms with Crippen LogP contribution in [0.25, 0.3) is 0 Å². The summed E-state index contributed by atoms with van der Waals surface area (Å²) in [6, 6.07) is -0.967. The van der Waals surface area contributed by atoms with E-state index in [0.29, 0.717) is 15.7 Å². The van der Waals surface area contributed by atoms with Gasteiger partial charge in [0, 0.05) is 28.2 Å². The van der Waals surface area contributed by atoms with Gasteiger partial charge in [-0.1, -0.05) is 22.1 Å². The van der Waals surface area contributed by atoms with Crippen LogP contribution in [-0.2, 0) is 21.4 Å². The number of hydrogen-bond donors (Lipinski definition) is 4. The zero-order valence-corrected chi connectivity index (χ0v) is 20.0. The molecule has 2 amide bonds. The molecule has 0 saturated carbocycles. The molecule has 0 bridgehead atoms. The second-order valence-corrected chi connectivity index (χ2v) is 11.0. The fourth-order valence-corrected chi connectivity index (χ4v) is 7.33. The van der Waals surface area contributed by atoms with Crippen molar-refractivity contribution in [1.29, 1.82) is 0 Å². The van der Waals surface area contributed by atoms with Crippen LogP contribution in [0.5, 0.6) is 0 Å². The van der Waals surface area contributed by atoms with Gasteiger partial charge in [-0.2, -0.15) is 0 Å². The van der Waals surface area contributed by atoms with E-state index in [2.05, 4.69) is 25.8 Å². The first-order chi connectivity index (χ1) is 15.8. The van der Waals surface area contributed by atoms with Crippen LogP contribution in [-0.4, -0.2) is 80.9 Å². The average molecular weight is 529 g/mol. The quantitative estimate of drug-likeness (QED) is 0.0911. The Labute approximate surface area is 202 Å². The van der Waals surface area contributed by atoms with E-state index < -0.39 is 29.2 Å². The Morgan fingerprint density at radius 2 is 2.21 bits per heavy atom. The van der Waals surface area contributed by atoms with Crippen molar-refractivity contribution < 1.29 is 24.7 Å². The maximum absolute atomic E-state index is 12.8. The van der Waals surface area contributed by atoms with Gasteiger partial charge in [0.25, 0.3) is 11.8 Å². The number of carbonyl (C=O) groups excluding carboxylic acids is 2. The van der Waals surface area contributed by atoms with Gasteiger partial charge in [-0.25, -0.2) is 14.5 Å². The van der Waals surface area contributed by atoms with Crippen LogP contribution in [0, 0.1) is 0 Å². The van der Waals surface area contributed by atoms with E-state index in [4.69, 9.17) is 5.73 Å². The molecule has 2 aromatic heterocycles. The Morgan fingerprint density at radius 1 is 1.42 bits per heavy atom. The second-order valence-electron chi connectivity index (χ2n) is 6.56. The predicted molar refractivity (Wildman–Crippen MR) is 124 cm³/mol. The normalized spacial score (nSPS) is 20.5. The van der Waals surface area contributed by atoms with Crippen molar-refractivity contribution in [1.82, 2.24) is 30.2 Å². The molecule has 17 heteroatoms. The number of nitrogens with zero attached hydrogens (tertiary/aromatic N) is 6. The lowest BCUT2D eigenvalue weighted by molar-refractivity contribution is -0.150. The third-order valence-electron chi connectivity index (χ3n) is 4.62. The molecule has 33 heavy (non-hydrogen) atoms.